The van der Waals surface area contributed by atoms with Crippen LogP contribution in [0.25, 0.3) is 0 Å². The lowest BCUT2D eigenvalue weighted by Gasteiger charge is -2.07. The van der Waals surface area contributed by atoms with Crippen molar-refractivity contribution >= 4 is 28.6 Å². The van der Waals surface area contributed by atoms with Crippen LogP contribution in [0, 0.1) is 11.6 Å². The highest BCUT2D eigenvalue weighted by Crippen LogP contribution is 2.20. The van der Waals surface area contributed by atoms with Crippen molar-refractivity contribution in [1.82, 2.24) is 4.98 Å². The summed E-state index contributed by atoms with van der Waals surface area (Å²) in [6.45, 7) is 0. The van der Waals surface area contributed by atoms with Gasteiger partial charge in [0.05, 0.1) is 23.3 Å². The fourth-order valence-electron chi connectivity index (χ4n) is 1.36. The van der Waals surface area contributed by atoms with Gasteiger partial charge in [-0.15, -0.1) is 0 Å². The van der Waals surface area contributed by atoms with Gasteiger partial charge in [0.15, 0.2) is 0 Å². The molecule has 0 aliphatic heterocycles. The van der Waals surface area contributed by atoms with Gasteiger partial charge in [-0.25, -0.2) is 8.78 Å². The van der Waals surface area contributed by atoms with Crippen LogP contribution in [0.4, 0.5) is 20.2 Å². The molecule has 0 aliphatic rings. The second kappa shape index (κ2) is 5.05. The normalized spacial score (nSPS) is 10.1. The largest absolute Gasteiger partial charge is 0.388 e. The highest BCUT2D eigenvalue weighted by Gasteiger charge is 2.04. The number of rotatable bonds is 3. The molecule has 0 amide bonds. The molecule has 1 aromatic heterocycles. The maximum Gasteiger partial charge on any atom is 0.149 e. The summed E-state index contributed by atoms with van der Waals surface area (Å²) in [6.07, 6.45) is 1.47. The first kappa shape index (κ1) is 12.4. The minimum Gasteiger partial charge on any atom is -0.388 e. The number of nitrogens with one attached hydrogen (secondary N) is 1. The Balaban J connectivity index is 2.21. The summed E-state index contributed by atoms with van der Waals surface area (Å²) in [5.74, 6) is -1.30. The Labute approximate surface area is 108 Å². The molecule has 2 rings (SSSR count). The van der Waals surface area contributed by atoms with Gasteiger partial charge in [0, 0.05) is 6.07 Å². The summed E-state index contributed by atoms with van der Waals surface area (Å²) in [4.78, 5) is 4.19. The molecular formula is C12H9F2N3S. The summed E-state index contributed by atoms with van der Waals surface area (Å²) >= 11 is 4.76. The van der Waals surface area contributed by atoms with Crippen molar-refractivity contribution < 1.29 is 8.78 Å². The molecule has 18 heavy (non-hydrogen) atoms. The molecular weight excluding hydrogens is 256 g/mol. The van der Waals surface area contributed by atoms with E-state index in [4.69, 9.17) is 18.0 Å². The fraction of sp³-hybridized carbons (Fsp3) is 0. The molecule has 3 N–H and O–H groups in total. The van der Waals surface area contributed by atoms with Crippen LogP contribution in [0.5, 0.6) is 0 Å². The van der Waals surface area contributed by atoms with E-state index in [2.05, 4.69) is 10.3 Å². The van der Waals surface area contributed by atoms with Gasteiger partial charge < -0.3 is 11.1 Å². The van der Waals surface area contributed by atoms with Crippen LogP contribution < -0.4 is 11.1 Å². The topological polar surface area (TPSA) is 50.9 Å². The third kappa shape index (κ3) is 2.78. The van der Waals surface area contributed by atoms with Crippen LogP contribution in [0.3, 0.4) is 0 Å². The first-order valence-electron chi connectivity index (χ1n) is 5.04. The summed E-state index contributed by atoms with van der Waals surface area (Å²) in [6, 6.07) is 6.56. The third-order valence-corrected chi connectivity index (χ3v) is 2.44. The van der Waals surface area contributed by atoms with Crippen LogP contribution in [0.2, 0.25) is 0 Å². The number of anilines is 2. The van der Waals surface area contributed by atoms with Gasteiger partial charge in [-0.05, 0) is 24.3 Å². The lowest BCUT2D eigenvalue weighted by atomic mass is 10.2. The number of nitrogens with zero attached hydrogens (tertiary/aromatic N) is 1. The molecule has 0 spiro atoms. The van der Waals surface area contributed by atoms with Crippen molar-refractivity contribution in [2.45, 2.75) is 0 Å². The predicted molar refractivity (Wildman–Crippen MR) is 69.8 cm³/mol. The zero-order chi connectivity index (χ0) is 13.1. The van der Waals surface area contributed by atoms with Crippen molar-refractivity contribution in [3.8, 4) is 0 Å². The summed E-state index contributed by atoms with van der Waals surface area (Å²) in [7, 11) is 0. The smallest absolute Gasteiger partial charge is 0.149 e. The van der Waals surface area contributed by atoms with E-state index in [1.54, 1.807) is 12.1 Å². The van der Waals surface area contributed by atoms with E-state index in [9.17, 15) is 8.78 Å². The molecule has 0 aliphatic carbocycles. The number of benzene rings is 1. The molecule has 1 aromatic carbocycles. The molecule has 0 atom stereocenters. The molecule has 0 bridgehead atoms. The number of thiocarbonyl (C=S) groups is 1. The molecule has 1 heterocycles. The third-order valence-electron chi connectivity index (χ3n) is 2.23. The molecule has 92 valence electrons. The number of halogens is 2. The molecule has 0 saturated carbocycles. The number of hydrogen-bond donors (Lipinski definition) is 2. The first-order chi connectivity index (χ1) is 8.56. The summed E-state index contributed by atoms with van der Waals surface area (Å²) in [5, 5.41) is 2.78. The van der Waals surface area contributed by atoms with Crippen LogP contribution in [0.15, 0.2) is 36.5 Å². The Bertz CT molecular complexity index is 584. The van der Waals surface area contributed by atoms with Gasteiger partial charge >= 0.3 is 0 Å². The Morgan fingerprint density at radius 2 is 2.00 bits per heavy atom. The number of pyridine rings is 1. The highest BCUT2D eigenvalue weighted by atomic mass is 32.1. The van der Waals surface area contributed by atoms with E-state index in [1.807, 2.05) is 0 Å². The van der Waals surface area contributed by atoms with Crippen LogP contribution in [-0.2, 0) is 0 Å². The van der Waals surface area contributed by atoms with E-state index < -0.39 is 11.6 Å². The van der Waals surface area contributed by atoms with Gasteiger partial charge in [-0.3, -0.25) is 4.98 Å². The molecule has 2 aromatic rings. The summed E-state index contributed by atoms with van der Waals surface area (Å²) < 4.78 is 26.1. The lowest BCUT2D eigenvalue weighted by molar-refractivity contribution is 0.586. The average molecular weight is 265 g/mol. The Morgan fingerprint density at radius 1 is 1.22 bits per heavy atom. The van der Waals surface area contributed by atoms with E-state index >= 15 is 0 Å². The zero-order valence-corrected chi connectivity index (χ0v) is 9.97. The Hall–Kier alpha value is -2.08. The van der Waals surface area contributed by atoms with E-state index in [0.29, 0.717) is 11.4 Å². The van der Waals surface area contributed by atoms with Gasteiger partial charge in [0.25, 0.3) is 0 Å². The number of aromatic nitrogens is 1. The van der Waals surface area contributed by atoms with Crippen LogP contribution >= 0.6 is 12.2 Å². The molecule has 0 radical (unpaired) electrons. The maximum atomic E-state index is 13.4. The zero-order valence-electron chi connectivity index (χ0n) is 9.15. The van der Waals surface area contributed by atoms with E-state index in [0.717, 1.165) is 6.07 Å². The standard InChI is InChI=1S/C12H9F2N3S/c13-7-1-3-10(9(14)5-7)17-8-2-4-11(12(15)18)16-6-8/h1-6,17H,(H2,15,18). The van der Waals surface area contributed by atoms with Gasteiger partial charge in [0.1, 0.15) is 16.6 Å². The van der Waals surface area contributed by atoms with Crippen molar-refractivity contribution in [2.24, 2.45) is 5.73 Å². The Morgan fingerprint density at radius 3 is 2.56 bits per heavy atom. The van der Waals surface area contributed by atoms with Gasteiger partial charge in [-0.2, -0.15) is 0 Å². The van der Waals surface area contributed by atoms with Crippen molar-refractivity contribution in [3.63, 3.8) is 0 Å². The fourth-order valence-corrected chi connectivity index (χ4v) is 1.48. The number of hydrogen-bond acceptors (Lipinski definition) is 3. The molecule has 6 heteroatoms. The van der Waals surface area contributed by atoms with Crippen molar-refractivity contribution in [2.75, 3.05) is 5.32 Å². The molecule has 3 nitrogen and oxygen atoms in total. The average Bonchev–Trinajstić information content (AvgIpc) is 2.33. The first-order valence-corrected chi connectivity index (χ1v) is 5.45. The monoisotopic (exact) mass is 265 g/mol. The summed E-state index contributed by atoms with van der Waals surface area (Å²) in [5.41, 5.74) is 6.61. The van der Waals surface area contributed by atoms with E-state index in [-0.39, 0.29) is 10.7 Å². The van der Waals surface area contributed by atoms with Crippen LogP contribution in [0.1, 0.15) is 5.69 Å². The Kier molecular flexibility index (Phi) is 3.47. The lowest BCUT2D eigenvalue weighted by Crippen LogP contribution is -2.11. The molecule has 0 saturated heterocycles. The minimum absolute atomic E-state index is 0.168. The molecule has 0 unspecified atom stereocenters. The second-order valence-corrected chi connectivity index (χ2v) is 3.99. The van der Waals surface area contributed by atoms with Gasteiger partial charge in [0.2, 0.25) is 0 Å². The van der Waals surface area contributed by atoms with Crippen molar-refractivity contribution in [1.29, 1.82) is 0 Å². The number of nitrogens with two attached hydrogens (primary N) is 1. The predicted octanol–water partition coefficient (Wildman–Crippen LogP) is 2.74. The SMILES string of the molecule is NC(=S)c1ccc(Nc2ccc(F)cc2F)cn1. The van der Waals surface area contributed by atoms with E-state index in [1.165, 1.54) is 18.3 Å². The minimum atomic E-state index is -0.673. The molecule has 0 fully saturated rings. The van der Waals surface area contributed by atoms with Crippen molar-refractivity contribution in [3.05, 3.63) is 53.9 Å². The second-order valence-electron chi connectivity index (χ2n) is 3.55. The highest BCUT2D eigenvalue weighted by molar-refractivity contribution is 7.80. The quantitative estimate of drug-likeness (QED) is 0.838. The maximum absolute atomic E-state index is 13.4. The van der Waals surface area contributed by atoms with Crippen LogP contribution in [-0.4, -0.2) is 9.97 Å². The van der Waals surface area contributed by atoms with Gasteiger partial charge in [-0.1, -0.05) is 12.2 Å².